The van der Waals surface area contributed by atoms with Crippen LogP contribution in [0.5, 0.6) is 0 Å². The number of hydrogen-bond donors (Lipinski definition) is 0. The molecule has 1 rings (SSSR count). The van der Waals surface area contributed by atoms with Crippen molar-refractivity contribution in [1.82, 2.24) is 0 Å². The molecule has 0 aromatic carbocycles. The third-order valence-electron chi connectivity index (χ3n) is 4.01. The molecule has 1 aliphatic rings. The van der Waals surface area contributed by atoms with Crippen molar-refractivity contribution >= 4 is 0 Å². The van der Waals surface area contributed by atoms with Gasteiger partial charge in [-0.25, -0.2) is 0 Å². The molecule has 12 heavy (non-hydrogen) atoms. The summed E-state index contributed by atoms with van der Waals surface area (Å²) in [4.78, 5) is 0. The van der Waals surface area contributed by atoms with E-state index in [0.29, 0.717) is 0 Å². The smallest absolute Gasteiger partial charge is 0.0864 e. The van der Waals surface area contributed by atoms with Gasteiger partial charge >= 0.3 is 0 Å². The van der Waals surface area contributed by atoms with Gasteiger partial charge in [0.15, 0.2) is 0 Å². The van der Waals surface area contributed by atoms with Crippen molar-refractivity contribution in [2.75, 3.05) is 19.6 Å². The number of quaternary nitrogens is 1. The van der Waals surface area contributed by atoms with Crippen molar-refractivity contribution in [2.24, 2.45) is 5.92 Å². The molecule has 2 atom stereocenters. The van der Waals surface area contributed by atoms with E-state index in [2.05, 4.69) is 27.7 Å². The van der Waals surface area contributed by atoms with E-state index in [1.807, 2.05) is 0 Å². The Bertz CT molecular complexity index is 138. The molecule has 0 radical (unpaired) electrons. The number of likely N-dealkylation sites (tertiary alicyclic amines) is 1. The fourth-order valence-electron chi connectivity index (χ4n) is 2.78. The summed E-state index contributed by atoms with van der Waals surface area (Å²) in [5.74, 6) is 0.962. The van der Waals surface area contributed by atoms with Crippen molar-refractivity contribution in [2.45, 2.75) is 46.6 Å². The quantitative estimate of drug-likeness (QED) is 0.559. The van der Waals surface area contributed by atoms with E-state index in [1.165, 1.54) is 37.0 Å². The van der Waals surface area contributed by atoms with Gasteiger partial charge in [-0.15, -0.1) is 0 Å². The fourth-order valence-corrected chi connectivity index (χ4v) is 2.78. The molecule has 0 N–H and O–H groups in total. The minimum absolute atomic E-state index is 0.892. The number of piperidine rings is 1. The number of nitrogens with zero attached hydrogens (tertiary/aromatic N) is 1. The monoisotopic (exact) mass is 170 g/mol. The maximum Gasteiger partial charge on any atom is 0.0864 e. The maximum atomic E-state index is 2.43. The minimum Gasteiger partial charge on any atom is -0.322 e. The van der Waals surface area contributed by atoms with Crippen LogP contribution in [0, 0.1) is 5.92 Å². The summed E-state index contributed by atoms with van der Waals surface area (Å²) in [5.41, 5.74) is 0. The molecule has 1 saturated heterocycles. The lowest BCUT2D eigenvalue weighted by Crippen LogP contribution is -2.57. The predicted octanol–water partition coefficient (Wildman–Crippen LogP) is 2.66. The van der Waals surface area contributed by atoms with E-state index in [0.717, 1.165) is 12.0 Å². The van der Waals surface area contributed by atoms with Gasteiger partial charge in [0.05, 0.1) is 25.7 Å². The van der Waals surface area contributed by atoms with Gasteiger partial charge in [-0.3, -0.25) is 0 Å². The Morgan fingerprint density at radius 1 is 1.17 bits per heavy atom. The molecule has 1 nitrogen and oxygen atoms in total. The number of hydrogen-bond acceptors (Lipinski definition) is 0. The molecular weight excluding hydrogens is 146 g/mol. The molecule has 2 unspecified atom stereocenters. The average molecular weight is 170 g/mol. The van der Waals surface area contributed by atoms with Crippen LogP contribution >= 0.6 is 0 Å². The van der Waals surface area contributed by atoms with Gasteiger partial charge in [0.25, 0.3) is 0 Å². The Labute approximate surface area is 77.4 Å². The van der Waals surface area contributed by atoms with E-state index in [4.69, 9.17) is 0 Å². The summed E-state index contributed by atoms with van der Waals surface area (Å²) >= 11 is 0. The predicted molar refractivity (Wildman–Crippen MR) is 54.1 cm³/mol. The number of rotatable bonds is 2. The molecule has 0 bridgehead atoms. The van der Waals surface area contributed by atoms with Crippen LogP contribution in [-0.4, -0.2) is 30.2 Å². The lowest BCUT2D eigenvalue weighted by molar-refractivity contribution is -0.952. The Morgan fingerprint density at radius 2 is 1.75 bits per heavy atom. The molecule has 1 fully saturated rings. The lowest BCUT2D eigenvalue weighted by Gasteiger charge is -2.47. The summed E-state index contributed by atoms with van der Waals surface area (Å²) in [5, 5.41) is 0. The van der Waals surface area contributed by atoms with Crippen molar-refractivity contribution in [3.8, 4) is 0 Å². The van der Waals surface area contributed by atoms with Gasteiger partial charge in [0.2, 0.25) is 0 Å². The van der Waals surface area contributed by atoms with Crippen molar-refractivity contribution in [1.29, 1.82) is 0 Å². The molecule has 1 aliphatic heterocycles. The van der Waals surface area contributed by atoms with Crippen LogP contribution in [0.2, 0.25) is 0 Å². The second kappa shape index (κ2) is 3.78. The van der Waals surface area contributed by atoms with Crippen LogP contribution in [0.4, 0.5) is 0 Å². The topological polar surface area (TPSA) is 0 Å². The Kier molecular flexibility index (Phi) is 3.16. The fraction of sp³-hybridized carbons (Fsp3) is 1.00. The zero-order valence-electron chi connectivity index (χ0n) is 9.14. The Hall–Kier alpha value is -0.0400. The van der Waals surface area contributed by atoms with Crippen LogP contribution in [0.15, 0.2) is 0 Å². The van der Waals surface area contributed by atoms with E-state index in [-0.39, 0.29) is 0 Å². The first-order valence-electron chi connectivity index (χ1n) is 5.50. The highest BCUT2D eigenvalue weighted by Gasteiger charge is 2.35. The molecule has 1 heterocycles. The van der Waals surface area contributed by atoms with Crippen LogP contribution in [0.1, 0.15) is 40.5 Å². The molecule has 0 saturated carbocycles. The van der Waals surface area contributed by atoms with E-state index >= 15 is 0 Å². The van der Waals surface area contributed by atoms with E-state index < -0.39 is 0 Å². The van der Waals surface area contributed by atoms with Gasteiger partial charge in [-0.05, 0) is 33.1 Å². The minimum atomic E-state index is 0.892. The van der Waals surface area contributed by atoms with Crippen LogP contribution in [0.25, 0.3) is 0 Å². The highest BCUT2D eigenvalue weighted by atomic mass is 15.4. The Balaban J connectivity index is 2.64. The van der Waals surface area contributed by atoms with Gasteiger partial charge in [-0.2, -0.15) is 0 Å². The second-order valence-corrected chi connectivity index (χ2v) is 4.55. The molecule has 0 aliphatic carbocycles. The summed E-state index contributed by atoms with van der Waals surface area (Å²) in [7, 11) is 0. The summed E-state index contributed by atoms with van der Waals surface area (Å²) in [6.45, 7) is 13.6. The highest BCUT2D eigenvalue weighted by Crippen LogP contribution is 2.28. The van der Waals surface area contributed by atoms with Gasteiger partial charge in [-0.1, -0.05) is 6.92 Å². The molecule has 0 aromatic heterocycles. The molecule has 0 amide bonds. The summed E-state index contributed by atoms with van der Waals surface area (Å²) in [6, 6.07) is 0.892. The zero-order valence-corrected chi connectivity index (χ0v) is 9.14. The molecule has 0 spiro atoms. The summed E-state index contributed by atoms with van der Waals surface area (Å²) in [6.07, 6.45) is 2.87. The first-order chi connectivity index (χ1) is 5.64. The van der Waals surface area contributed by atoms with Crippen LogP contribution in [-0.2, 0) is 0 Å². The normalized spacial score (nSPS) is 35.0. The molecular formula is C11H24N+. The lowest BCUT2D eigenvalue weighted by atomic mass is 9.91. The molecule has 0 aromatic rings. The van der Waals surface area contributed by atoms with Gasteiger partial charge in [0, 0.05) is 6.42 Å². The van der Waals surface area contributed by atoms with Gasteiger partial charge in [0.1, 0.15) is 0 Å². The van der Waals surface area contributed by atoms with Crippen molar-refractivity contribution < 1.29 is 4.48 Å². The average Bonchev–Trinajstić information content (AvgIpc) is 2.06. The van der Waals surface area contributed by atoms with Gasteiger partial charge < -0.3 is 4.48 Å². The third-order valence-corrected chi connectivity index (χ3v) is 4.01. The standard InChI is InChI=1S/C11H24N/c1-5-12(6-2)8-7-10(3)9-11(12)4/h10-11H,5-9H2,1-4H3/q+1. The SMILES string of the molecule is CC[N+]1(CC)CCC(C)CC1C. The van der Waals surface area contributed by atoms with E-state index in [1.54, 1.807) is 0 Å². The molecule has 1 heteroatoms. The van der Waals surface area contributed by atoms with Crippen molar-refractivity contribution in [3.05, 3.63) is 0 Å². The maximum absolute atomic E-state index is 2.43. The Morgan fingerprint density at radius 3 is 2.17 bits per heavy atom. The first-order valence-corrected chi connectivity index (χ1v) is 5.50. The van der Waals surface area contributed by atoms with Crippen molar-refractivity contribution in [3.63, 3.8) is 0 Å². The van der Waals surface area contributed by atoms with E-state index in [9.17, 15) is 0 Å². The summed E-state index contributed by atoms with van der Waals surface area (Å²) < 4.78 is 1.37. The first kappa shape index (κ1) is 10.0. The third kappa shape index (κ3) is 1.66. The zero-order chi connectivity index (χ0) is 9.19. The molecule has 72 valence electrons. The van der Waals surface area contributed by atoms with Crippen LogP contribution in [0.3, 0.4) is 0 Å². The van der Waals surface area contributed by atoms with Crippen LogP contribution < -0.4 is 0 Å². The second-order valence-electron chi connectivity index (χ2n) is 4.55. The highest BCUT2D eigenvalue weighted by molar-refractivity contribution is 4.67. The largest absolute Gasteiger partial charge is 0.322 e.